The highest BCUT2D eigenvalue weighted by Gasteiger charge is 2.15. The first-order valence-electron chi connectivity index (χ1n) is 8.79. The maximum atomic E-state index is 12.5. The molecular formula is C21H22ClN5O. The number of nitrogens with zero attached hydrogens (tertiary/aromatic N) is 4. The highest BCUT2D eigenvalue weighted by Crippen LogP contribution is 2.22. The lowest BCUT2D eigenvalue weighted by Gasteiger charge is -2.18. The van der Waals surface area contributed by atoms with Crippen LogP contribution in [0, 0.1) is 0 Å². The summed E-state index contributed by atoms with van der Waals surface area (Å²) >= 11 is 0. The third kappa shape index (κ3) is 3.92. The van der Waals surface area contributed by atoms with Crippen LogP contribution in [0.4, 0.5) is 5.82 Å². The van der Waals surface area contributed by atoms with Gasteiger partial charge in [-0.05, 0) is 35.2 Å². The molecule has 6 nitrogen and oxygen atoms in total. The van der Waals surface area contributed by atoms with Crippen LogP contribution in [-0.4, -0.2) is 24.8 Å². The Morgan fingerprint density at radius 3 is 2.43 bits per heavy atom. The number of carbonyl (C=O) groups is 1. The summed E-state index contributed by atoms with van der Waals surface area (Å²) < 4.78 is 3.79. The number of amides is 1. The zero-order chi connectivity index (χ0) is 19.0. The molecule has 0 aliphatic heterocycles. The number of benzene rings is 1. The summed E-state index contributed by atoms with van der Waals surface area (Å²) in [5, 5.41) is 2.87. The van der Waals surface area contributed by atoms with E-state index in [1.807, 2.05) is 57.8 Å². The number of imidazole rings is 2. The van der Waals surface area contributed by atoms with Gasteiger partial charge in [0.25, 0.3) is 5.91 Å². The molecule has 3 heterocycles. The Morgan fingerprint density at radius 2 is 1.79 bits per heavy atom. The second-order valence-corrected chi connectivity index (χ2v) is 7.53. The molecule has 0 atom stereocenters. The molecule has 0 saturated carbocycles. The van der Waals surface area contributed by atoms with E-state index in [1.54, 1.807) is 18.7 Å². The highest BCUT2D eigenvalue weighted by molar-refractivity contribution is 6.03. The summed E-state index contributed by atoms with van der Waals surface area (Å²) in [6, 6.07) is 11.6. The predicted octanol–water partition coefficient (Wildman–Crippen LogP) is 4.49. The van der Waals surface area contributed by atoms with Crippen LogP contribution in [0.3, 0.4) is 0 Å². The number of aromatic nitrogens is 4. The largest absolute Gasteiger partial charge is 0.305 e. The summed E-state index contributed by atoms with van der Waals surface area (Å²) in [6.45, 7) is 6.45. The molecule has 144 valence electrons. The number of fused-ring (bicyclic) bond motifs is 1. The van der Waals surface area contributed by atoms with Crippen molar-refractivity contribution in [1.82, 2.24) is 18.9 Å². The Kier molecular flexibility index (Phi) is 5.25. The van der Waals surface area contributed by atoms with Crippen LogP contribution < -0.4 is 5.32 Å². The Hall–Kier alpha value is -3.12. The third-order valence-electron chi connectivity index (χ3n) is 4.49. The minimum absolute atomic E-state index is 0. The topological polar surface area (TPSA) is 64.2 Å². The number of carbonyl (C=O) groups excluding carboxylic acids is 1. The van der Waals surface area contributed by atoms with Gasteiger partial charge in [-0.2, -0.15) is 0 Å². The molecule has 7 heteroatoms. The van der Waals surface area contributed by atoms with E-state index >= 15 is 0 Å². The van der Waals surface area contributed by atoms with E-state index in [0.29, 0.717) is 11.4 Å². The van der Waals surface area contributed by atoms with Crippen LogP contribution in [-0.2, 0) is 5.41 Å². The fraction of sp³-hybridized carbons (Fsp3) is 0.190. The zero-order valence-corrected chi connectivity index (χ0v) is 16.8. The second-order valence-electron chi connectivity index (χ2n) is 7.53. The van der Waals surface area contributed by atoms with Crippen molar-refractivity contribution in [2.45, 2.75) is 26.2 Å². The van der Waals surface area contributed by atoms with Gasteiger partial charge in [0.15, 0.2) is 5.82 Å². The summed E-state index contributed by atoms with van der Waals surface area (Å²) in [5.74, 6) is 0.344. The smallest absolute Gasteiger partial charge is 0.256 e. The quantitative estimate of drug-likeness (QED) is 0.555. The Morgan fingerprint density at radius 1 is 1.04 bits per heavy atom. The normalized spacial score (nSPS) is 11.2. The van der Waals surface area contributed by atoms with Gasteiger partial charge in [-0.15, -0.1) is 12.4 Å². The summed E-state index contributed by atoms with van der Waals surface area (Å²) in [4.78, 5) is 21.1. The number of hydrogen-bond donors (Lipinski definition) is 1. The molecule has 1 amide bonds. The molecule has 3 aromatic heterocycles. The van der Waals surface area contributed by atoms with Gasteiger partial charge in [0.2, 0.25) is 0 Å². The third-order valence-corrected chi connectivity index (χ3v) is 4.49. The van der Waals surface area contributed by atoms with Gasteiger partial charge in [0, 0.05) is 24.2 Å². The van der Waals surface area contributed by atoms with Crippen LogP contribution in [0.2, 0.25) is 0 Å². The van der Waals surface area contributed by atoms with Crippen LogP contribution in [0.15, 0.2) is 67.5 Å². The van der Waals surface area contributed by atoms with Crippen molar-refractivity contribution in [2.75, 3.05) is 5.32 Å². The summed E-state index contributed by atoms with van der Waals surface area (Å²) in [5.41, 5.74) is 3.59. The Bertz CT molecular complexity index is 1090. The predicted molar refractivity (Wildman–Crippen MR) is 113 cm³/mol. The maximum Gasteiger partial charge on any atom is 0.256 e. The molecule has 28 heavy (non-hydrogen) atoms. The van der Waals surface area contributed by atoms with E-state index in [0.717, 1.165) is 11.3 Å². The molecule has 0 spiro atoms. The standard InChI is InChI=1S/C21H21N5O.ClH/c1-21(2,3)16-6-4-15(5-7-16)20(27)24-18-13-26-12-17(8-9-19(26)23-18)25-11-10-22-14-25;/h4-14H,1-3H3,(H,24,27);1H. The first-order chi connectivity index (χ1) is 12.9. The Labute approximate surface area is 169 Å². The fourth-order valence-corrected chi connectivity index (χ4v) is 2.91. The van der Waals surface area contributed by atoms with Crippen molar-refractivity contribution in [3.8, 4) is 5.69 Å². The maximum absolute atomic E-state index is 12.5. The molecule has 0 saturated heterocycles. The fourth-order valence-electron chi connectivity index (χ4n) is 2.91. The van der Waals surface area contributed by atoms with E-state index in [9.17, 15) is 4.79 Å². The highest BCUT2D eigenvalue weighted by atomic mass is 35.5. The van der Waals surface area contributed by atoms with Gasteiger partial charge < -0.3 is 14.3 Å². The lowest BCUT2D eigenvalue weighted by Crippen LogP contribution is -2.14. The van der Waals surface area contributed by atoms with E-state index < -0.39 is 0 Å². The lowest BCUT2D eigenvalue weighted by molar-refractivity contribution is 0.102. The van der Waals surface area contributed by atoms with Crippen LogP contribution in [0.1, 0.15) is 36.7 Å². The van der Waals surface area contributed by atoms with E-state index in [4.69, 9.17) is 0 Å². The molecule has 4 rings (SSSR count). The van der Waals surface area contributed by atoms with E-state index in [1.165, 1.54) is 5.56 Å². The van der Waals surface area contributed by atoms with Gasteiger partial charge >= 0.3 is 0 Å². The van der Waals surface area contributed by atoms with Crippen LogP contribution >= 0.6 is 12.4 Å². The van der Waals surface area contributed by atoms with E-state index in [-0.39, 0.29) is 23.7 Å². The minimum Gasteiger partial charge on any atom is -0.305 e. The first-order valence-corrected chi connectivity index (χ1v) is 8.79. The average molecular weight is 396 g/mol. The molecule has 1 N–H and O–H groups in total. The molecule has 0 fully saturated rings. The summed E-state index contributed by atoms with van der Waals surface area (Å²) in [7, 11) is 0. The van der Waals surface area contributed by atoms with Gasteiger partial charge in [-0.1, -0.05) is 32.9 Å². The number of rotatable bonds is 3. The number of hydrogen-bond acceptors (Lipinski definition) is 3. The first kappa shape index (κ1) is 19.6. The van der Waals surface area contributed by atoms with Crippen molar-refractivity contribution in [1.29, 1.82) is 0 Å². The van der Waals surface area contributed by atoms with Crippen molar-refractivity contribution in [3.63, 3.8) is 0 Å². The number of anilines is 1. The van der Waals surface area contributed by atoms with Gasteiger partial charge in [-0.25, -0.2) is 9.97 Å². The van der Waals surface area contributed by atoms with E-state index in [2.05, 4.69) is 36.1 Å². The lowest BCUT2D eigenvalue weighted by atomic mass is 9.87. The van der Waals surface area contributed by atoms with Gasteiger partial charge in [0.05, 0.1) is 18.2 Å². The van der Waals surface area contributed by atoms with Gasteiger partial charge in [0.1, 0.15) is 5.65 Å². The molecule has 1 aromatic carbocycles. The van der Waals surface area contributed by atoms with Crippen LogP contribution in [0.5, 0.6) is 0 Å². The van der Waals surface area contributed by atoms with Gasteiger partial charge in [-0.3, -0.25) is 4.79 Å². The van der Waals surface area contributed by atoms with Crippen molar-refractivity contribution in [3.05, 3.63) is 78.6 Å². The number of halogens is 1. The monoisotopic (exact) mass is 395 g/mol. The molecule has 0 aliphatic carbocycles. The molecule has 0 bridgehead atoms. The Balaban J connectivity index is 0.00000225. The molecule has 0 aliphatic rings. The van der Waals surface area contributed by atoms with Crippen molar-refractivity contribution in [2.24, 2.45) is 0 Å². The molecule has 0 radical (unpaired) electrons. The van der Waals surface area contributed by atoms with Crippen molar-refractivity contribution >= 4 is 29.8 Å². The van der Waals surface area contributed by atoms with Crippen LogP contribution in [0.25, 0.3) is 11.3 Å². The zero-order valence-electron chi connectivity index (χ0n) is 16.0. The molecular weight excluding hydrogens is 374 g/mol. The second kappa shape index (κ2) is 7.48. The average Bonchev–Trinajstić information content (AvgIpc) is 3.29. The number of pyridine rings is 1. The SMILES string of the molecule is CC(C)(C)c1ccc(C(=O)Nc2cn3cc(-n4ccnc4)ccc3n2)cc1.Cl. The summed E-state index contributed by atoms with van der Waals surface area (Å²) in [6.07, 6.45) is 9.09. The molecule has 0 unspecified atom stereocenters. The number of nitrogens with one attached hydrogen (secondary N) is 1. The van der Waals surface area contributed by atoms with Crippen molar-refractivity contribution < 1.29 is 4.79 Å². The minimum atomic E-state index is -0.173. The molecule has 4 aromatic rings.